The van der Waals surface area contributed by atoms with Crippen LogP contribution in [-0.2, 0) is 27.0 Å². The highest BCUT2D eigenvalue weighted by molar-refractivity contribution is 6.32. The lowest BCUT2D eigenvalue weighted by atomic mass is 10.1. The molecule has 0 amide bonds. The molecular weight excluding hydrogens is 507 g/mol. The van der Waals surface area contributed by atoms with Crippen LogP contribution in [0.1, 0.15) is 35.6 Å². The number of carboxylic acid groups (broad SMARTS) is 1. The summed E-state index contributed by atoms with van der Waals surface area (Å²) >= 11 is 6.17. The van der Waals surface area contributed by atoms with E-state index in [2.05, 4.69) is 0 Å². The molecule has 0 unspecified atom stereocenters. The van der Waals surface area contributed by atoms with Crippen LogP contribution in [0.4, 0.5) is 13.2 Å². The summed E-state index contributed by atoms with van der Waals surface area (Å²) in [7, 11) is 1.60. The second-order valence-corrected chi connectivity index (χ2v) is 8.95. The first-order chi connectivity index (χ1) is 17.7. The van der Waals surface area contributed by atoms with Gasteiger partial charge in [-0.2, -0.15) is 13.2 Å². The molecule has 0 radical (unpaired) electrons. The van der Waals surface area contributed by atoms with Gasteiger partial charge in [-0.1, -0.05) is 66.2 Å². The van der Waals surface area contributed by atoms with Crippen LogP contribution in [-0.4, -0.2) is 42.8 Å². The molecule has 5 nitrogen and oxygen atoms in total. The average molecular weight is 536 g/mol. The van der Waals surface area contributed by atoms with Crippen LogP contribution in [0.15, 0.2) is 84.2 Å². The van der Waals surface area contributed by atoms with E-state index < -0.39 is 17.7 Å². The largest absolute Gasteiger partial charge is 0.498 e. The lowest BCUT2D eigenvalue weighted by Gasteiger charge is -2.28. The number of hydrogen-bond acceptors (Lipinski definition) is 4. The van der Waals surface area contributed by atoms with Gasteiger partial charge in [-0.15, -0.1) is 0 Å². The third-order valence-electron chi connectivity index (χ3n) is 5.84. The summed E-state index contributed by atoms with van der Waals surface area (Å²) < 4.78 is 51.7. The first-order valence-electron chi connectivity index (χ1n) is 11.8. The Balaban J connectivity index is 1.69. The fraction of sp³-hybridized carbons (Fsp3) is 0.321. The van der Waals surface area contributed by atoms with Crippen molar-refractivity contribution in [2.45, 2.75) is 31.7 Å². The molecule has 0 aliphatic heterocycles. The minimum Gasteiger partial charge on any atom is -0.498 e. The quantitative estimate of drug-likeness (QED) is 0.239. The number of carboxylic acids is 1. The maximum atomic E-state index is 13.4. The number of hydrogen-bond donors (Lipinski definition) is 1. The van der Waals surface area contributed by atoms with Crippen LogP contribution >= 0.6 is 11.6 Å². The number of methoxy groups -OCH3 is 1. The van der Waals surface area contributed by atoms with Crippen molar-refractivity contribution in [3.05, 3.63) is 106 Å². The molecular formula is C28H29ClF3NO4. The number of aliphatic carboxylic acids is 1. The van der Waals surface area contributed by atoms with Gasteiger partial charge in [-0.3, -0.25) is 4.90 Å². The molecule has 0 saturated heterocycles. The van der Waals surface area contributed by atoms with E-state index in [0.29, 0.717) is 49.4 Å². The molecule has 0 aromatic heterocycles. The summed E-state index contributed by atoms with van der Waals surface area (Å²) in [5, 5.41) is 8.64. The van der Waals surface area contributed by atoms with E-state index in [1.807, 2.05) is 35.2 Å². The van der Waals surface area contributed by atoms with E-state index in [-0.39, 0.29) is 17.7 Å². The van der Waals surface area contributed by atoms with Crippen molar-refractivity contribution < 1.29 is 32.5 Å². The van der Waals surface area contributed by atoms with E-state index >= 15 is 0 Å². The molecule has 3 rings (SSSR count). The fourth-order valence-corrected chi connectivity index (χ4v) is 4.35. The Bertz CT molecular complexity index is 1150. The zero-order valence-electron chi connectivity index (χ0n) is 20.4. The van der Waals surface area contributed by atoms with Gasteiger partial charge in [-0.05, 0) is 35.3 Å². The maximum Gasteiger partial charge on any atom is 0.417 e. The highest BCUT2D eigenvalue weighted by Gasteiger charge is 2.34. The Hall–Kier alpha value is -3.07. The number of ether oxygens (including phenoxy) is 2. The molecule has 198 valence electrons. The first-order valence-corrected chi connectivity index (χ1v) is 12.1. The van der Waals surface area contributed by atoms with Crippen molar-refractivity contribution in [3.8, 4) is 0 Å². The number of alkyl halides is 3. The molecule has 1 N–H and O–H groups in total. The number of allylic oxidation sites excluding steroid dienone is 4. The molecule has 1 atom stereocenters. The number of carbonyl (C=O) groups is 1. The molecule has 1 aliphatic rings. The Morgan fingerprint density at radius 2 is 1.95 bits per heavy atom. The van der Waals surface area contributed by atoms with Gasteiger partial charge in [0.05, 0.1) is 23.3 Å². The predicted molar refractivity (Wildman–Crippen MR) is 136 cm³/mol. The zero-order valence-corrected chi connectivity index (χ0v) is 21.1. The summed E-state index contributed by atoms with van der Waals surface area (Å²) in [5.74, 6) is -0.363. The number of halogens is 4. The normalized spacial score (nSPS) is 15.6. The van der Waals surface area contributed by atoms with Gasteiger partial charge in [0.2, 0.25) is 0 Å². The van der Waals surface area contributed by atoms with Gasteiger partial charge < -0.3 is 14.6 Å². The molecule has 0 heterocycles. The summed E-state index contributed by atoms with van der Waals surface area (Å²) in [4.78, 5) is 12.9. The highest BCUT2D eigenvalue weighted by Crippen LogP contribution is 2.36. The Morgan fingerprint density at radius 3 is 2.62 bits per heavy atom. The Labute approximate surface area is 219 Å². The van der Waals surface area contributed by atoms with Crippen molar-refractivity contribution in [3.63, 3.8) is 0 Å². The van der Waals surface area contributed by atoms with Crippen molar-refractivity contribution in [2.75, 3.05) is 26.8 Å². The number of nitrogens with zero attached hydrogens (tertiary/aromatic N) is 1. The summed E-state index contributed by atoms with van der Waals surface area (Å²) in [6, 6.07) is 13.5. The summed E-state index contributed by atoms with van der Waals surface area (Å²) in [6.07, 6.45) is 2.52. The minimum atomic E-state index is -4.54. The topological polar surface area (TPSA) is 59.0 Å². The third-order valence-corrected chi connectivity index (χ3v) is 6.29. The molecule has 2 aromatic carbocycles. The lowest BCUT2D eigenvalue weighted by molar-refractivity contribution is -0.137. The van der Waals surface area contributed by atoms with E-state index in [4.69, 9.17) is 26.2 Å². The lowest BCUT2D eigenvalue weighted by Crippen LogP contribution is -2.31. The fourth-order valence-electron chi connectivity index (χ4n) is 4.06. The Kier molecular flexibility index (Phi) is 10.4. The Morgan fingerprint density at radius 1 is 1.19 bits per heavy atom. The molecule has 1 aliphatic carbocycles. The average Bonchev–Trinajstić information content (AvgIpc) is 2.85. The number of rotatable bonds is 12. The van der Waals surface area contributed by atoms with Crippen LogP contribution in [0.5, 0.6) is 0 Å². The SMILES string of the molecule is CO[C@@H](CN(CCCOC1=CC=CC(=CC(=O)O)C1)Cc1cccc(C(F)(F)F)c1Cl)c1ccccc1. The van der Waals surface area contributed by atoms with Crippen molar-refractivity contribution in [2.24, 2.45) is 0 Å². The van der Waals surface area contributed by atoms with E-state index in [1.54, 1.807) is 31.4 Å². The molecule has 9 heteroatoms. The predicted octanol–water partition coefficient (Wildman–Crippen LogP) is 6.81. The summed E-state index contributed by atoms with van der Waals surface area (Å²) in [5.41, 5.74) is 1.11. The van der Waals surface area contributed by atoms with Crippen LogP contribution in [0.2, 0.25) is 5.02 Å². The van der Waals surface area contributed by atoms with Crippen molar-refractivity contribution >= 4 is 17.6 Å². The second-order valence-electron chi connectivity index (χ2n) is 8.57. The standard InChI is InChI=1S/C28H29ClF3NO4/c1-36-25(21-9-3-2-4-10-21)19-33(18-22-11-6-13-24(27(22)29)28(30,31)32)14-7-15-37-23-12-5-8-20(16-23)17-26(34)35/h2-6,8-13,17,25H,7,14-16,18-19H2,1H3,(H,34,35)/t25-/m0/s1. The maximum absolute atomic E-state index is 13.4. The van der Waals surface area contributed by atoms with Crippen LogP contribution in [0.25, 0.3) is 0 Å². The minimum absolute atomic E-state index is 0.201. The third kappa shape index (κ3) is 8.77. The highest BCUT2D eigenvalue weighted by atomic mass is 35.5. The van der Waals surface area contributed by atoms with E-state index in [0.717, 1.165) is 17.7 Å². The van der Waals surface area contributed by atoms with E-state index in [9.17, 15) is 18.0 Å². The van der Waals surface area contributed by atoms with Gasteiger partial charge in [0.1, 0.15) is 5.76 Å². The second kappa shape index (κ2) is 13.5. The van der Waals surface area contributed by atoms with Crippen LogP contribution < -0.4 is 0 Å². The summed E-state index contributed by atoms with van der Waals surface area (Å²) in [6.45, 7) is 1.51. The van der Waals surface area contributed by atoms with Gasteiger partial charge in [0, 0.05) is 39.2 Å². The van der Waals surface area contributed by atoms with Crippen molar-refractivity contribution in [1.82, 2.24) is 4.90 Å². The smallest absolute Gasteiger partial charge is 0.417 e. The first kappa shape index (κ1) is 28.5. The molecule has 37 heavy (non-hydrogen) atoms. The molecule has 0 spiro atoms. The van der Waals surface area contributed by atoms with Crippen LogP contribution in [0.3, 0.4) is 0 Å². The number of benzene rings is 2. The molecule has 0 saturated carbocycles. The molecule has 0 bridgehead atoms. The molecule has 2 aromatic rings. The zero-order chi connectivity index (χ0) is 26.8. The molecule has 0 fully saturated rings. The van der Waals surface area contributed by atoms with Gasteiger partial charge in [-0.25, -0.2) is 4.79 Å². The van der Waals surface area contributed by atoms with Crippen molar-refractivity contribution in [1.29, 1.82) is 0 Å². The van der Waals surface area contributed by atoms with Gasteiger partial charge in [0.15, 0.2) is 0 Å². The van der Waals surface area contributed by atoms with Crippen LogP contribution in [0, 0.1) is 0 Å². The van der Waals surface area contributed by atoms with Gasteiger partial charge in [0.25, 0.3) is 0 Å². The van der Waals surface area contributed by atoms with E-state index in [1.165, 1.54) is 6.07 Å². The monoisotopic (exact) mass is 535 g/mol. The van der Waals surface area contributed by atoms with Gasteiger partial charge >= 0.3 is 12.1 Å².